The quantitative estimate of drug-likeness (QED) is 0.128. The average Bonchev–Trinajstić information content (AvgIpc) is 3.88. The zero-order valence-corrected chi connectivity index (χ0v) is 32.9. The van der Waals surface area contributed by atoms with Crippen LogP contribution < -0.4 is 0 Å². The van der Waals surface area contributed by atoms with Crippen molar-refractivity contribution < 1.29 is 19.4 Å². The van der Waals surface area contributed by atoms with Crippen LogP contribution in [0.1, 0.15) is 144 Å². The molecule has 4 nitrogen and oxygen atoms in total. The summed E-state index contributed by atoms with van der Waals surface area (Å²) in [6.07, 6.45) is 28.2. The number of ketones is 1. The molecular formula is C48H62O4. The number of aliphatic hydroxyl groups is 1. The number of ether oxygens (including phenoxy) is 1. The van der Waals surface area contributed by atoms with Crippen molar-refractivity contribution in [3.05, 3.63) is 114 Å². The summed E-state index contributed by atoms with van der Waals surface area (Å²) < 4.78 is 5.76. The maximum atomic E-state index is 13.7. The van der Waals surface area contributed by atoms with E-state index in [1.54, 1.807) is 0 Å². The maximum absolute atomic E-state index is 13.7. The van der Waals surface area contributed by atoms with Gasteiger partial charge in [-0.25, -0.2) is 0 Å². The van der Waals surface area contributed by atoms with Crippen LogP contribution >= 0.6 is 0 Å². The minimum atomic E-state index is -0.108. The molecule has 6 aliphatic carbocycles. The van der Waals surface area contributed by atoms with Crippen LogP contribution in [0.4, 0.5) is 0 Å². The lowest BCUT2D eigenvalue weighted by Crippen LogP contribution is -2.15. The summed E-state index contributed by atoms with van der Waals surface area (Å²) in [7, 11) is 0. The second-order valence-corrected chi connectivity index (χ2v) is 16.1. The molecular weight excluding hydrogens is 641 g/mol. The molecule has 0 aromatic rings. The van der Waals surface area contributed by atoms with Crippen LogP contribution in [0.15, 0.2) is 114 Å². The van der Waals surface area contributed by atoms with Crippen LogP contribution in [0.25, 0.3) is 0 Å². The number of esters is 1. The highest BCUT2D eigenvalue weighted by Crippen LogP contribution is 2.52. The van der Waals surface area contributed by atoms with Crippen molar-refractivity contribution in [3.8, 4) is 0 Å². The zero-order valence-electron chi connectivity index (χ0n) is 32.9. The molecule has 1 N–H and O–H groups in total. The van der Waals surface area contributed by atoms with Gasteiger partial charge in [-0.1, -0.05) is 103 Å². The highest BCUT2D eigenvalue weighted by Gasteiger charge is 2.41. The molecule has 278 valence electrons. The van der Waals surface area contributed by atoms with Gasteiger partial charge in [-0.15, -0.1) is 0 Å². The fourth-order valence-electron chi connectivity index (χ4n) is 9.63. The van der Waals surface area contributed by atoms with Gasteiger partial charge in [-0.2, -0.15) is 0 Å². The van der Waals surface area contributed by atoms with Crippen molar-refractivity contribution in [3.63, 3.8) is 0 Å². The van der Waals surface area contributed by atoms with Crippen LogP contribution in [-0.2, 0) is 14.3 Å². The van der Waals surface area contributed by atoms with E-state index in [0.717, 1.165) is 54.4 Å². The van der Waals surface area contributed by atoms with E-state index in [1.807, 2.05) is 0 Å². The first-order chi connectivity index (χ1) is 25.2. The Hall–Kier alpha value is -3.50. The number of rotatable bonds is 16. The summed E-state index contributed by atoms with van der Waals surface area (Å²) in [6.45, 7) is 13.8. The van der Waals surface area contributed by atoms with Gasteiger partial charge in [0.1, 0.15) is 0 Å². The Balaban J connectivity index is 1.22. The number of hydrogen-bond acceptors (Lipinski definition) is 4. The van der Waals surface area contributed by atoms with Crippen molar-refractivity contribution in [1.82, 2.24) is 0 Å². The summed E-state index contributed by atoms with van der Waals surface area (Å²) in [5, 5.41) is 10.5. The predicted octanol–water partition coefficient (Wildman–Crippen LogP) is 11.9. The molecule has 0 heterocycles. The van der Waals surface area contributed by atoms with E-state index in [2.05, 4.69) is 71.9 Å². The lowest BCUT2D eigenvalue weighted by Gasteiger charge is -2.22. The molecule has 6 rings (SSSR count). The Labute approximate surface area is 313 Å². The van der Waals surface area contributed by atoms with Crippen LogP contribution in [0.2, 0.25) is 0 Å². The molecule has 0 spiro atoms. The van der Waals surface area contributed by atoms with Crippen LogP contribution in [-0.4, -0.2) is 30.1 Å². The molecule has 0 amide bonds. The first-order valence-corrected chi connectivity index (χ1v) is 20.6. The molecule has 0 aromatic carbocycles. The van der Waals surface area contributed by atoms with Crippen molar-refractivity contribution in [2.75, 3.05) is 13.2 Å². The van der Waals surface area contributed by atoms with E-state index >= 15 is 0 Å². The van der Waals surface area contributed by atoms with Crippen molar-refractivity contribution in [2.45, 2.75) is 144 Å². The molecule has 0 fully saturated rings. The molecule has 4 heteroatoms. The Morgan fingerprint density at radius 2 is 1.46 bits per heavy atom. The Kier molecular flexibility index (Phi) is 12.6. The van der Waals surface area contributed by atoms with E-state index in [4.69, 9.17) is 4.74 Å². The fourth-order valence-corrected chi connectivity index (χ4v) is 9.63. The number of Topliss-reactive ketones (excluding diaryl/α,β-unsaturated/α-hetero) is 1. The SMILES string of the molecule is CCCCCCCCCCCCOC(=O)CC[C@@H]1C2=CC(=CC3=C(C)C(CO)=C(C=C4C=C(C=C5CC6=C2CC(=O)C6=C5C)C(CC)=C4C)C3)[C@H]1C. The molecule has 0 aromatic heterocycles. The number of aliphatic hydroxyl groups excluding tert-OH is 1. The molecule has 0 saturated carbocycles. The van der Waals surface area contributed by atoms with Crippen molar-refractivity contribution in [1.29, 1.82) is 0 Å². The maximum Gasteiger partial charge on any atom is 0.305 e. The molecule has 6 aliphatic rings. The zero-order chi connectivity index (χ0) is 36.9. The number of allylic oxidation sites excluding steroid dienone is 18. The highest BCUT2D eigenvalue weighted by atomic mass is 16.5. The number of carbonyl (C=O) groups excluding carboxylic acids is 2. The summed E-state index contributed by atoms with van der Waals surface area (Å²) in [5.41, 5.74) is 17.9. The number of fused-ring (bicyclic) bond motifs is 6. The largest absolute Gasteiger partial charge is 0.466 e. The summed E-state index contributed by atoms with van der Waals surface area (Å²) in [6, 6.07) is 0. The first kappa shape index (κ1) is 38.2. The predicted molar refractivity (Wildman–Crippen MR) is 213 cm³/mol. The van der Waals surface area contributed by atoms with Crippen LogP contribution in [0, 0.1) is 11.8 Å². The molecule has 8 bridgehead atoms. The first-order valence-electron chi connectivity index (χ1n) is 20.6. The monoisotopic (exact) mass is 702 g/mol. The summed E-state index contributed by atoms with van der Waals surface area (Å²) >= 11 is 0. The summed E-state index contributed by atoms with van der Waals surface area (Å²) in [4.78, 5) is 26.8. The minimum Gasteiger partial charge on any atom is -0.466 e. The van der Waals surface area contributed by atoms with E-state index in [1.165, 1.54) is 113 Å². The number of unbranched alkanes of at least 4 members (excludes halogenated alkanes) is 9. The fraction of sp³-hybridized carbons (Fsp3) is 0.542. The standard InChI is InChI=1S/C48H62O4/c1-7-9-10-11-12-13-14-15-16-17-20-52-47(51)19-18-41-31(4)36-21-34-23-39(45(29-49)32(34)5)24-35-22-38(40(8-2)30(35)3)25-37-27-44-43(42(41)26-36)28-46(50)48(44)33(37)6/h21-22,24-26,31,41,49H,7-20,23,27-29H2,1-6H3/t31-,41+/m1/s1. The lowest BCUT2D eigenvalue weighted by molar-refractivity contribution is -0.144. The lowest BCUT2D eigenvalue weighted by atomic mass is 9.82. The smallest absolute Gasteiger partial charge is 0.305 e. The molecule has 52 heavy (non-hydrogen) atoms. The van der Waals surface area contributed by atoms with Gasteiger partial charge in [0.2, 0.25) is 0 Å². The average molecular weight is 703 g/mol. The molecule has 2 atom stereocenters. The minimum absolute atomic E-state index is 0.0211. The van der Waals surface area contributed by atoms with Gasteiger partial charge < -0.3 is 9.84 Å². The Bertz CT molecular complexity index is 1800. The van der Waals surface area contributed by atoms with Gasteiger partial charge >= 0.3 is 5.97 Å². The Morgan fingerprint density at radius 3 is 2.15 bits per heavy atom. The number of hydrogen-bond donors (Lipinski definition) is 1. The Morgan fingerprint density at radius 1 is 0.750 bits per heavy atom. The highest BCUT2D eigenvalue weighted by molar-refractivity contribution is 6.08. The van der Waals surface area contributed by atoms with Crippen molar-refractivity contribution >= 4 is 11.8 Å². The molecule has 0 aliphatic heterocycles. The van der Waals surface area contributed by atoms with E-state index < -0.39 is 0 Å². The van der Waals surface area contributed by atoms with E-state index in [0.29, 0.717) is 25.9 Å². The van der Waals surface area contributed by atoms with Gasteiger partial charge in [-0.05, 0) is 149 Å². The van der Waals surface area contributed by atoms with Crippen molar-refractivity contribution in [2.24, 2.45) is 11.8 Å². The van der Waals surface area contributed by atoms with Gasteiger partial charge in [0.15, 0.2) is 5.78 Å². The normalized spacial score (nSPS) is 22.6. The van der Waals surface area contributed by atoms with Gasteiger partial charge in [0.25, 0.3) is 0 Å². The second kappa shape index (κ2) is 17.1. The van der Waals surface area contributed by atoms with E-state index in [-0.39, 0.29) is 30.2 Å². The topological polar surface area (TPSA) is 63.6 Å². The third kappa shape index (κ3) is 7.88. The van der Waals surface area contributed by atoms with Crippen LogP contribution in [0.3, 0.4) is 0 Å². The molecule has 0 radical (unpaired) electrons. The van der Waals surface area contributed by atoms with Gasteiger partial charge in [0, 0.05) is 18.4 Å². The summed E-state index contributed by atoms with van der Waals surface area (Å²) in [5.74, 6) is 0.460. The van der Waals surface area contributed by atoms with Gasteiger partial charge in [0.05, 0.1) is 13.2 Å². The molecule has 0 unspecified atom stereocenters. The number of carbonyl (C=O) groups is 2. The van der Waals surface area contributed by atoms with Gasteiger partial charge in [-0.3, -0.25) is 9.59 Å². The second-order valence-electron chi connectivity index (χ2n) is 16.1. The third-order valence-corrected chi connectivity index (χ3v) is 12.9. The third-order valence-electron chi connectivity index (χ3n) is 12.9. The van der Waals surface area contributed by atoms with Crippen LogP contribution in [0.5, 0.6) is 0 Å². The molecule has 0 saturated heterocycles. The van der Waals surface area contributed by atoms with E-state index in [9.17, 15) is 14.7 Å².